The third-order valence-electron chi connectivity index (χ3n) is 4.14. The molecule has 2 aliphatic rings. The van der Waals surface area contributed by atoms with Gasteiger partial charge in [0.05, 0.1) is 4.92 Å². The number of ether oxygens (including phenoxy) is 2. The molecule has 0 fully saturated rings. The standard InChI is InChI=1S/C17H14N2O4/c20-19(21)15-4-2-1-3-12(15)7-14-13-9-17-16(22-10-23-17)8-11(13)5-6-18-14/h1-4,8-9H,5-7,10H2. The average Bonchev–Trinajstić information content (AvgIpc) is 3.01. The van der Waals surface area contributed by atoms with Crippen molar-refractivity contribution in [1.29, 1.82) is 0 Å². The first-order valence-electron chi connectivity index (χ1n) is 7.41. The molecule has 4 rings (SSSR count). The van der Waals surface area contributed by atoms with Crippen LogP contribution in [0.5, 0.6) is 11.5 Å². The summed E-state index contributed by atoms with van der Waals surface area (Å²) in [7, 11) is 0. The van der Waals surface area contributed by atoms with Gasteiger partial charge in [-0.1, -0.05) is 18.2 Å². The lowest BCUT2D eigenvalue weighted by Crippen LogP contribution is -2.16. The van der Waals surface area contributed by atoms with E-state index in [4.69, 9.17) is 9.47 Å². The molecule has 0 radical (unpaired) electrons. The molecule has 2 aromatic carbocycles. The predicted octanol–water partition coefficient (Wildman–Crippen LogP) is 2.91. The van der Waals surface area contributed by atoms with Crippen molar-refractivity contribution < 1.29 is 14.4 Å². The van der Waals surface area contributed by atoms with Gasteiger partial charge in [0.25, 0.3) is 5.69 Å². The molecule has 0 spiro atoms. The van der Waals surface area contributed by atoms with Crippen molar-refractivity contribution in [2.24, 2.45) is 4.99 Å². The van der Waals surface area contributed by atoms with E-state index in [-0.39, 0.29) is 17.4 Å². The van der Waals surface area contributed by atoms with E-state index in [0.29, 0.717) is 24.3 Å². The second-order valence-corrected chi connectivity index (χ2v) is 5.50. The summed E-state index contributed by atoms with van der Waals surface area (Å²) < 4.78 is 10.9. The minimum atomic E-state index is -0.348. The number of hydrogen-bond acceptors (Lipinski definition) is 5. The molecular weight excluding hydrogens is 296 g/mol. The zero-order valence-electron chi connectivity index (χ0n) is 12.3. The molecule has 0 unspecified atom stereocenters. The maximum atomic E-state index is 11.2. The minimum absolute atomic E-state index is 0.128. The number of hydrogen-bond donors (Lipinski definition) is 0. The van der Waals surface area contributed by atoms with Crippen LogP contribution in [0.3, 0.4) is 0 Å². The third-order valence-corrected chi connectivity index (χ3v) is 4.14. The Bertz CT molecular complexity index is 829. The first-order valence-corrected chi connectivity index (χ1v) is 7.41. The highest BCUT2D eigenvalue weighted by atomic mass is 16.7. The Morgan fingerprint density at radius 2 is 1.96 bits per heavy atom. The van der Waals surface area contributed by atoms with E-state index in [9.17, 15) is 10.1 Å². The molecule has 116 valence electrons. The molecule has 6 nitrogen and oxygen atoms in total. The van der Waals surface area contributed by atoms with Gasteiger partial charge in [0, 0.05) is 35.9 Å². The summed E-state index contributed by atoms with van der Waals surface area (Å²) in [5.41, 5.74) is 3.81. The van der Waals surface area contributed by atoms with E-state index >= 15 is 0 Å². The van der Waals surface area contributed by atoms with E-state index in [0.717, 1.165) is 29.0 Å². The molecule has 2 heterocycles. The number of benzene rings is 2. The van der Waals surface area contributed by atoms with Gasteiger partial charge in [0.1, 0.15) is 0 Å². The van der Waals surface area contributed by atoms with Gasteiger partial charge in [0.15, 0.2) is 11.5 Å². The van der Waals surface area contributed by atoms with Crippen LogP contribution >= 0.6 is 0 Å². The molecule has 0 aliphatic carbocycles. The Kier molecular flexibility index (Phi) is 3.22. The topological polar surface area (TPSA) is 74.0 Å². The Hall–Kier alpha value is -2.89. The number of nitrogens with zero attached hydrogens (tertiary/aromatic N) is 2. The quantitative estimate of drug-likeness (QED) is 0.645. The first kappa shape index (κ1) is 13.8. The van der Waals surface area contributed by atoms with Gasteiger partial charge in [0.2, 0.25) is 6.79 Å². The van der Waals surface area contributed by atoms with Crippen LogP contribution in [-0.2, 0) is 12.8 Å². The van der Waals surface area contributed by atoms with Gasteiger partial charge in [-0.25, -0.2) is 0 Å². The molecule has 0 saturated heterocycles. The molecule has 0 bridgehead atoms. The second kappa shape index (κ2) is 5.39. The predicted molar refractivity (Wildman–Crippen MR) is 84.5 cm³/mol. The Morgan fingerprint density at radius 1 is 1.17 bits per heavy atom. The fourth-order valence-corrected chi connectivity index (χ4v) is 3.03. The molecule has 0 N–H and O–H groups in total. The van der Waals surface area contributed by atoms with Gasteiger partial charge in [-0.05, 0) is 24.1 Å². The highest BCUT2D eigenvalue weighted by molar-refractivity contribution is 6.04. The van der Waals surface area contributed by atoms with Crippen LogP contribution in [0.25, 0.3) is 0 Å². The van der Waals surface area contributed by atoms with Crippen molar-refractivity contribution >= 4 is 11.4 Å². The zero-order chi connectivity index (χ0) is 15.8. The maximum Gasteiger partial charge on any atom is 0.272 e. The smallest absolute Gasteiger partial charge is 0.272 e. The van der Waals surface area contributed by atoms with Gasteiger partial charge in [-0.2, -0.15) is 0 Å². The lowest BCUT2D eigenvalue weighted by molar-refractivity contribution is -0.385. The number of rotatable bonds is 3. The van der Waals surface area contributed by atoms with E-state index in [1.54, 1.807) is 12.1 Å². The van der Waals surface area contributed by atoms with Gasteiger partial charge in [-0.15, -0.1) is 0 Å². The van der Waals surface area contributed by atoms with Crippen LogP contribution in [0, 0.1) is 10.1 Å². The summed E-state index contributed by atoms with van der Waals surface area (Å²) in [5.74, 6) is 1.47. The number of nitro benzene ring substituents is 1. The Balaban J connectivity index is 1.72. The highest BCUT2D eigenvalue weighted by Gasteiger charge is 2.23. The van der Waals surface area contributed by atoms with Crippen LogP contribution < -0.4 is 9.47 Å². The van der Waals surface area contributed by atoms with E-state index in [2.05, 4.69) is 4.99 Å². The first-order chi connectivity index (χ1) is 11.2. The monoisotopic (exact) mass is 310 g/mol. The van der Waals surface area contributed by atoms with Crippen molar-refractivity contribution in [2.45, 2.75) is 12.8 Å². The lowest BCUT2D eigenvalue weighted by atomic mass is 9.92. The average molecular weight is 310 g/mol. The van der Waals surface area contributed by atoms with E-state index in [1.807, 2.05) is 18.2 Å². The summed E-state index contributed by atoms with van der Waals surface area (Å²) in [6, 6.07) is 10.7. The molecular formula is C17H14N2O4. The fourth-order valence-electron chi connectivity index (χ4n) is 3.03. The summed E-state index contributed by atoms with van der Waals surface area (Å²) in [5, 5.41) is 11.2. The molecule has 0 amide bonds. The molecule has 0 saturated carbocycles. The zero-order valence-corrected chi connectivity index (χ0v) is 12.3. The van der Waals surface area contributed by atoms with Gasteiger partial charge in [-0.3, -0.25) is 15.1 Å². The maximum absolute atomic E-state index is 11.2. The number of nitro groups is 1. The van der Waals surface area contributed by atoms with E-state index < -0.39 is 0 Å². The molecule has 6 heteroatoms. The van der Waals surface area contributed by atoms with Crippen molar-refractivity contribution in [3.05, 3.63) is 63.2 Å². The van der Waals surface area contributed by atoms with Crippen molar-refractivity contribution in [3.63, 3.8) is 0 Å². The second-order valence-electron chi connectivity index (χ2n) is 5.50. The van der Waals surface area contributed by atoms with E-state index in [1.165, 1.54) is 6.07 Å². The molecule has 23 heavy (non-hydrogen) atoms. The van der Waals surface area contributed by atoms with Gasteiger partial charge < -0.3 is 9.47 Å². The van der Waals surface area contributed by atoms with Crippen molar-refractivity contribution in [1.82, 2.24) is 0 Å². The summed E-state index contributed by atoms with van der Waals surface area (Å²) in [6.45, 7) is 0.914. The third kappa shape index (κ3) is 2.42. The van der Waals surface area contributed by atoms with Crippen molar-refractivity contribution in [3.8, 4) is 11.5 Å². The Labute approximate surface area is 132 Å². The van der Waals surface area contributed by atoms with Gasteiger partial charge >= 0.3 is 0 Å². The summed E-state index contributed by atoms with van der Waals surface area (Å²) >= 11 is 0. The normalized spacial score (nSPS) is 15.0. The minimum Gasteiger partial charge on any atom is -0.454 e. The number of para-hydroxylation sites is 1. The number of aliphatic imine (C=N–C) groups is 1. The Morgan fingerprint density at radius 3 is 2.78 bits per heavy atom. The van der Waals surface area contributed by atoms with Crippen LogP contribution in [0.1, 0.15) is 16.7 Å². The highest BCUT2D eigenvalue weighted by Crippen LogP contribution is 2.36. The summed E-state index contributed by atoms with van der Waals surface area (Å²) in [6.07, 6.45) is 1.27. The lowest BCUT2D eigenvalue weighted by Gasteiger charge is -2.17. The summed E-state index contributed by atoms with van der Waals surface area (Å²) in [4.78, 5) is 15.4. The fraction of sp³-hybridized carbons (Fsp3) is 0.235. The van der Waals surface area contributed by atoms with Crippen LogP contribution in [-0.4, -0.2) is 24.0 Å². The largest absolute Gasteiger partial charge is 0.454 e. The molecule has 0 aromatic heterocycles. The van der Waals surface area contributed by atoms with Crippen molar-refractivity contribution in [2.75, 3.05) is 13.3 Å². The molecule has 2 aromatic rings. The number of fused-ring (bicyclic) bond motifs is 2. The molecule has 0 atom stereocenters. The van der Waals surface area contributed by atoms with Crippen LogP contribution in [0.4, 0.5) is 5.69 Å². The SMILES string of the molecule is O=[N+]([O-])c1ccccc1CC1=NCCc2cc3c(cc21)OCO3. The van der Waals surface area contributed by atoms with Crippen LogP contribution in [0.15, 0.2) is 41.4 Å². The van der Waals surface area contributed by atoms with Crippen LogP contribution in [0.2, 0.25) is 0 Å². The molecule has 2 aliphatic heterocycles.